The number of carbonyl (C=O) groups excluding carboxylic acids is 1. The first-order chi connectivity index (χ1) is 14.2. The van der Waals surface area contributed by atoms with Crippen LogP contribution in [0.1, 0.15) is 61.0 Å². The van der Waals surface area contributed by atoms with Gasteiger partial charge in [-0.05, 0) is 76.2 Å². The van der Waals surface area contributed by atoms with Gasteiger partial charge in [-0.2, -0.15) is 0 Å². The smallest absolute Gasteiger partial charge is 0.362 e. The minimum atomic E-state index is -0.491. The number of rotatable bonds is 10. The van der Waals surface area contributed by atoms with Crippen LogP contribution in [0.15, 0.2) is 24.3 Å². The van der Waals surface area contributed by atoms with E-state index in [0.717, 1.165) is 51.0 Å². The van der Waals surface area contributed by atoms with Crippen molar-refractivity contribution in [3.8, 4) is 11.6 Å². The Labute approximate surface area is 171 Å². The average molecular weight is 402 g/mol. The first kappa shape index (κ1) is 21.1. The summed E-state index contributed by atoms with van der Waals surface area (Å²) in [6.45, 7) is 3.73. The second kappa shape index (κ2) is 10.8. The van der Waals surface area contributed by atoms with E-state index in [1.807, 2.05) is 7.05 Å². The highest BCUT2D eigenvalue weighted by Gasteiger charge is 2.27. The molecule has 1 aromatic carbocycles. The van der Waals surface area contributed by atoms with Crippen molar-refractivity contribution in [2.75, 3.05) is 26.8 Å². The molecule has 0 unspecified atom stereocenters. The Kier molecular flexibility index (Phi) is 7.86. The van der Waals surface area contributed by atoms with Crippen molar-refractivity contribution in [1.82, 2.24) is 20.7 Å². The van der Waals surface area contributed by atoms with Crippen LogP contribution in [-0.4, -0.2) is 54.3 Å². The number of aromatic nitrogens is 3. The maximum atomic E-state index is 11.9. The Balaban J connectivity index is 1.47. The van der Waals surface area contributed by atoms with Gasteiger partial charge < -0.3 is 19.5 Å². The molecular weight excluding hydrogens is 372 g/mol. The van der Waals surface area contributed by atoms with Crippen LogP contribution in [-0.2, 0) is 4.74 Å². The summed E-state index contributed by atoms with van der Waals surface area (Å²) in [6, 6.07) is 8.43. The lowest BCUT2D eigenvalue weighted by Crippen LogP contribution is -2.24. The van der Waals surface area contributed by atoms with Crippen molar-refractivity contribution in [2.24, 2.45) is 0 Å². The minimum Gasteiger partial charge on any atom is -0.494 e. The molecule has 0 radical (unpaired) electrons. The Morgan fingerprint density at radius 1 is 1.21 bits per heavy atom. The third-order valence-electron chi connectivity index (χ3n) is 5.14. The van der Waals surface area contributed by atoms with Crippen LogP contribution in [0, 0.1) is 0 Å². The lowest BCUT2D eigenvalue weighted by Gasteiger charge is -2.28. The van der Waals surface area contributed by atoms with Gasteiger partial charge in [0, 0.05) is 0 Å². The van der Waals surface area contributed by atoms with Crippen molar-refractivity contribution >= 4 is 5.97 Å². The largest absolute Gasteiger partial charge is 0.494 e. The van der Waals surface area contributed by atoms with E-state index in [4.69, 9.17) is 14.2 Å². The van der Waals surface area contributed by atoms with Gasteiger partial charge in [-0.3, -0.25) is 0 Å². The summed E-state index contributed by atoms with van der Waals surface area (Å²) in [7, 11) is 1.94. The van der Waals surface area contributed by atoms with Gasteiger partial charge in [-0.1, -0.05) is 22.4 Å². The predicted molar refractivity (Wildman–Crippen MR) is 108 cm³/mol. The Bertz CT molecular complexity index is 754. The molecule has 0 spiro atoms. The number of nitrogens with one attached hydrogen (secondary N) is 2. The standard InChI is InChI=1S/C21H30N4O4/c1-3-27-21(26)19-20(24-25-23-19)29-18-11-7-16(8-12-18)15-5-9-17(10-6-15)28-14-4-13-22-2/h5-6,9-10,16,18,22H,3-4,7-8,11-14H2,1-2H3,(H,23,24,25)/t16-,18-. The Morgan fingerprint density at radius 3 is 2.66 bits per heavy atom. The zero-order valence-corrected chi connectivity index (χ0v) is 17.1. The first-order valence-electron chi connectivity index (χ1n) is 10.3. The number of carbonyl (C=O) groups is 1. The quantitative estimate of drug-likeness (QED) is 0.465. The van der Waals surface area contributed by atoms with E-state index in [0.29, 0.717) is 12.5 Å². The summed E-state index contributed by atoms with van der Waals surface area (Å²) >= 11 is 0. The lowest BCUT2D eigenvalue weighted by atomic mass is 9.83. The van der Waals surface area contributed by atoms with Crippen LogP contribution >= 0.6 is 0 Å². The average Bonchev–Trinajstić information content (AvgIpc) is 3.21. The van der Waals surface area contributed by atoms with Crippen LogP contribution < -0.4 is 14.8 Å². The highest BCUT2D eigenvalue weighted by molar-refractivity contribution is 5.89. The van der Waals surface area contributed by atoms with Gasteiger partial charge in [0.25, 0.3) is 5.88 Å². The molecule has 1 aliphatic rings. The Hall–Kier alpha value is -2.61. The summed E-state index contributed by atoms with van der Waals surface area (Å²) < 4.78 is 16.7. The molecule has 158 valence electrons. The minimum absolute atomic E-state index is 0.0271. The number of esters is 1. The molecule has 3 rings (SSSR count). The zero-order chi connectivity index (χ0) is 20.5. The molecule has 0 atom stereocenters. The van der Waals surface area contributed by atoms with E-state index in [1.54, 1.807) is 6.92 Å². The maximum Gasteiger partial charge on any atom is 0.362 e. The molecule has 29 heavy (non-hydrogen) atoms. The van der Waals surface area contributed by atoms with E-state index in [1.165, 1.54) is 5.56 Å². The second-order valence-electron chi connectivity index (χ2n) is 7.18. The van der Waals surface area contributed by atoms with Crippen LogP contribution in [0.25, 0.3) is 0 Å². The molecule has 1 saturated carbocycles. The van der Waals surface area contributed by atoms with Gasteiger partial charge >= 0.3 is 5.97 Å². The highest BCUT2D eigenvalue weighted by Crippen LogP contribution is 2.35. The fourth-order valence-electron chi connectivity index (χ4n) is 3.58. The number of aromatic amines is 1. The molecule has 1 aliphatic carbocycles. The second-order valence-corrected chi connectivity index (χ2v) is 7.18. The molecule has 1 heterocycles. The third kappa shape index (κ3) is 5.93. The van der Waals surface area contributed by atoms with Gasteiger partial charge in [0.1, 0.15) is 11.9 Å². The molecule has 2 aromatic rings. The van der Waals surface area contributed by atoms with Crippen molar-refractivity contribution < 1.29 is 19.0 Å². The Morgan fingerprint density at radius 2 is 1.97 bits per heavy atom. The van der Waals surface area contributed by atoms with Crippen molar-refractivity contribution in [2.45, 2.75) is 51.0 Å². The van der Waals surface area contributed by atoms with Crippen molar-refractivity contribution in [3.05, 3.63) is 35.5 Å². The summed E-state index contributed by atoms with van der Waals surface area (Å²) in [5, 5.41) is 13.2. The monoisotopic (exact) mass is 402 g/mol. The van der Waals surface area contributed by atoms with E-state index in [-0.39, 0.29) is 17.7 Å². The third-order valence-corrected chi connectivity index (χ3v) is 5.14. The SMILES string of the molecule is CCOC(=O)c1[nH]nnc1O[C@H]1CC[C@H](c2ccc(OCCCNC)cc2)CC1. The van der Waals surface area contributed by atoms with Gasteiger partial charge in [-0.15, -0.1) is 0 Å². The van der Waals surface area contributed by atoms with E-state index >= 15 is 0 Å². The maximum absolute atomic E-state index is 11.9. The summed E-state index contributed by atoms with van der Waals surface area (Å²) in [5.41, 5.74) is 1.51. The summed E-state index contributed by atoms with van der Waals surface area (Å²) in [6.07, 6.45) is 4.88. The summed E-state index contributed by atoms with van der Waals surface area (Å²) in [5.74, 6) is 1.16. The number of H-pyrrole nitrogens is 1. The topological polar surface area (TPSA) is 98.4 Å². The normalized spacial score (nSPS) is 19.0. The molecule has 8 heteroatoms. The van der Waals surface area contributed by atoms with Gasteiger partial charge in [0.05, 0.1) is 13.2 Å². The molecule has 1 fully saturated rings. The molecule has 2 N–H and O–H groups in total. The van der Waals surface area contributed by atoms with E-state index in [9.17, 15) is 4.79 Å². The predicted octanol–water partition coefficient (Wildman–Crippen LogP) is 3.07. The molecule has 8 nitrogen and oxygen atoms in total. The number of nitrogens with zero attached hydrogens (tertiary/aromatic N) is 2. The van der Waals surface area contributed by atoms with Crippen LogP contribution in [0.5, 0.6) is 11.6 Å². The highest BCUT2D eigenvalue weighted by atomic mass is 16.5. The molecule has 0 bridgehead atoms. The van der Waals surface area contributed by atoms with Gasteiger partial charge in [-0.25, -0.2) is 9.89 Å². The van der Waals surface area contributed by atoms with Crippen LogP contribution in [0.4, 0.5) is 0 Å². The van der Waals surface area contributed by atoms with Crippen LogP contribution in [0.2, 0.25) is 0 Å². The number of benzene rings is 1. The van der Waals surface area contributed by atoms with Gasteiger partial charge in [0.2, 0.25) is 5.69 Å². The van der Waals surface area contributed by atoms with Gasteiger partial charge in [0.15, 0.2) is 0 Å². The molecule has 0 amide bonds. The fourth-order valence-corrected chi connectivity index (χ4v) is 3.58. The van der Waals surface area contributed by atoms with E-state index < -0.39 is 5.97 Å². The first-order valence-corrected chi connectivity index (χ1v) is 10.3. The molecular formula is C21H30N4O4. The van der Waals surface area contributed by atoms with E-state index in [2.05, 4.69) is 45.0 Å². The number of hydrogen-bond acceptors (Lipinski definition) is 7. The molecule has 0 saturated heterocycles. The van der Waals surface area contributed by atoms with Crippen LogP contribution in [0.3, 0.4) is 0 Å². The number of ether oxygens (including phenoxy) is 3. The zero-order valence-electron chi connectivity index (χ0n) is 17.1. The summed E-state index contributed by atoms with van der Waals surface area (Å²) in [4.78, 5) is 11.9. The fraction of sp³-hybridized carbons (Fsp3) is 0.571. The van der Waals surface area contributed by atoms with Crippen molar-refractivity contribution in [1.29, 1.82) is 0 Å². The molecule has 0 aliphatic heterocycles. The lowest BCUT2D eigenvalue weighted by molar-refractivity contribution is 0.0508. The molecule has 1 aromatic heterocycles. The number of hydrogen-bond donors (Lipinski definition) is 2. The van der Waals surface area contributed by atoms with Crippen molar-refractivity contribution in [3.63, 3.8) is 0 Å².